The first-order valence-electron chi connectivity index (χ1n) is 9.06. The van der Waals surface area contributed by atoms with Crippen LogP contribution in [0, 0.1) is 13.8 Å². The van der Waals surface area contributed by atoms with Crippen LogP contribution in [0.1, 0.15) is 42.3 Å². The van der Waals surface area contributed by atoms with Gasteiger partial charge in [0.1, 0.15) is 0 Å². The SMILES string of the molecule is CCNC(=NCc1ccc(-n2nc(C)cc2C)cc1C(F)(F)F)NC1CC1.I. The first kappa shape index (κ1) is 22.5. The summed E-state index contributed by atoms with van der Waals surface area (Å²) in [5.74, 6) is 0.552. The van der Waals surface area contributed by atoms with Gasteiger partial charge in [0.2, 0.25) is 0 Å². The van der Waals surface area contributed by atoms with Crippen LogP contribution in [0.15, 0.2) is 29.3 Å². The van der Waals surface area contributed by atoms with Crippen molar-refractivity contribution < 1.29 is 13.2 Å². The standard InChI is InChI=1S/C19H24F3N5.HI/c1-4-23-18(25-15-6-7-15)24-11-14-5-8-16(10-17(14)19(20,21)22)27-13(3)9-12(2)26-27;/h5,8-10,15H,4,6-7,11H2,1-3H3,(H2,23,24,25);1H. The number of halogens is 4. The van der Waals surface area contributed by atoms with Crippen LogP contribution in [0.5, 0.6) is 0 Å². The summed E-state index contributed by atoms with van der Waals surface area (Å²) in [6, 6.07) is 6.49. The summed E-state index contributed by atoms with van der Waals surface area (Å²) in [7, 11) is 0. The van der Waals surface area contributed by atoms with E-state index >= 15 is 0 Å². The molecular weight excluding hydrogens is 482 g/mol. The molecule has 0 spiro atoms. The molecule has 154 valence electrons. The fraction of sp³-hybridized carbons (Fsp3) is 0.474. The Kier molecular flexibility index (Phi) is 7.35. The molecule has 1 heterocycles. The average molecular weight is 507 g/mol. The van der Waals surface area contributed by atoms with Gasteiger partial charge < -0.3 is 10.6 Å². The fourth-order valence-corrected chi connectivity index (χ4v) is 2.89. The number of nitrogens with one attached hydrogen (secondary N) is 2. The van der Waals surface area contributed by atoms with Gasteiger partial charge in [-0.15, -0.1) is 24.0 Å². The second-order valence-electron chi connectivity index (χ2n) is 6.79. The summed E-state index contributed by atoms with van der Waals surface area (Å²) in [5, 5.41) is 10.6. The third-order valence-corrected chi connectivity index (χ3v) is 4.32. The van der Waals surface area contributed by atoms with Crippen molar-refractivity contribution in [1.29, 1.82) is 0 Å². The number of guanidine groups is 1. The van der Waals surface area contributed by atoms with Crippen molar-refractivity contribution in [3.63, 3.8) is 0 Å². The Morgan fingerprint density at radius 2 is 1.96 bits per heavy atom. The zero-order valence-electron chi connectivity index (χ0n) is 16.1. The van der Waals surface area contributed by atoms with Gasteiger partial charge in [0, 0.05) is 18.3 Å². The van der Waals surface area contributed by atoms with E-state index in [0.29, 0.717) is 24.2 Å². The molecule has 0 radical (unpaired) electrons. The van der Waals surface area contributed by atoms with Crippen LogP contribution < -0.4 is 10.6 Å². The lowest BCUT2D eigenvalue weighted by Gasteiger charge is -2.15. The van der Waals surface area contributed by atoms with Gasteiger partial charge in [0.25, 0.3) is 0 Å². The quantitative estimate of drug-likeness (QED) is 0.360. The van der Waals surface area contributed by atoms with Crippen LogP contribution in [-0.2, 0) is 12.7 Å². The molecule has 28 heavy (non-hydrogen) atoms. The zero-order valence-corrected chi connectivity index (χ0v) is 18.4. The van der Waals surface area contributed by atoms with Gasteiger partial charge in [-0.2, -0.15) is 18.3 Å². The van der Waals surface area contributed by atoms with Crippen molar-refractivity contribution in [2.45, 2.75) is 52.4 Å². The van der Waals surface area contributed by atoms with Crippen molar-refractivity contribution in [2.24, 2.45) is 4.99 Å². The van der Waals surface area contributed by atoms with Crippen LogP contribution in [0.25, 0.3) is 5.69 Å². The second-order valence-corrected chi connectivity index (χ2v) is 6.79. The van der Waals surface area contributed by atoms with Gasteiger partial charge in [-0.1, -0.05) is 6.07 Å². The lowest BCUT2D eigenvalue weighted by atomic mass is 10.1. The number of aromatic nitrogens is 2. The summed E-state index contributed by atoms with van der Waals surface area (Å²) in [6.45, 7) is 6.16. The van der Waals surface area contributed by atoms with Crippen LogP contribution >= 0.6 is 24.0 Å². The van der Waals surface area contributed by atoms with Gasteiger partial charge in [0.15, 0.2) is 5.96 Å². The molecule has 3 rings (SSSR count). The molecule has 1 aliphatic rings. The topological polar surface area (TPSA) is 54.2 Å². The van der Waals surface area contributed by atoms with E-state index in [9.17, 15) is 13.2 Å². The van der Waals surface area contributed by atoms with E-state index in [4.69, 9.17) is 0 Å². The zero-order chi connectivity index (χ0) is 19.6. The Morgan fingerprint density at radius 1 is 1.25 bits per heavy atom. The van der Waals surface area contributed by atoms with Crippen LogP contribution in [0.3, 0.4) is 0 Å². The Morgan fingerprint density at radius 3 is 2.50 bits per heavy atom. The molecule has 0 aliphatic heterocycles. The number of nitrogens with zero attached hydrogens (tertiary/aromatic N) is 3. The van der Waals surface area contributed by atoms with Crippen molar-refractivity contribution >= 4 is 29.9 Å². The number of aryl methyl sites for hydroxylation is 2. The maximum absolute atomic E-state index is 13.6. The van der Waals surface area contributed by atoms with E-state index in [-0.39, 0.29) is 36.1 Å². The summed E-state index contributed by atoms with van der Waals surface area (Å²) >= 11 is 0. The highest BCUT2D eigenvalue weighted by molar-refractivity contribution is 14.0. The normalized spacial score (nSPS) is 14.6. The Bertz CT molecular complexity index is 841. The molecule has 1 aliphatic carbocycles. The first-order chi connectivity index (χ1) is 12.8. The molecule has 0 bridgehead atoms. The second kappa shape index (κ2) is 9.15. The first-order valence-corrected chi connectivity index (χ1v) is 9.06. The van der Waals surface area contributed by atoms with Crippen molar-refractivity contribution in [3.8, 4) is 5.69 Å². The summed E-state index contributed by atoms with van der Waals surface area (Å²) < 4.78 is 42.4. The van der Waals surface area contributed by atoms with Gasteiger partial charge in [-0.05, 0) is 57.4 Å². The lowest BCUT2D eigenvalue weighted by molar-refractivity contribution is -0.138. The van der Waals surface area contributed by atoms with E-state index in [0.717, 1.165) is 30.3 Å². The Hall–Kier alpha value is -1.78. The monoisotopic (exact) mass is 507 g/mol. The van der Waals surface area contributed by atoms with Gasteiger partial charge in [0.05, 0.1) is 23.5 Å². The van der Waals surface area contributed by atoms with Crippen LogP contribution in [0.2, 0.25) is 0 Å². The maximum atomic E-state index is 13.6. The highest BCUT2D eigenvalue weighted by Crippen LogP contribution is 2.34. The summed E-state index contributed by atoms with van der Waals surface area (Å²) in [5.41, 5.74) is 1.40. The molecule has 2 N–H and O–H groups in total. The molecule has 1 fully saturated rings. The van der Waals surface area contributed by atoms with Gasteiger partial charge in [-0.25, -0.2) is 9.67 Å². The fourth-order valence-electron chi connectivity index (χ4n) is 2.89. The largest absolute Gasteiger partial charge is 0.416 e. The predicted octanol–water partition coefficient (Wildman–Crippen LogP) is 4.34. The summed E-state index contributed by atoms with van der Waals surface area (Å²) in [4.78, 5) is 4.33. The lowest BCUT2D eigenvalue weighted by Crippen LogP contribution is -2.38. The number of benzene rings is 1. The average Bonchev–Trinajstić information content (AvgIpc) is 3.34. The van der Waals surface area contributed by atoms with E-state index < -0.39 is 11.7 Å². The predicted molar refractivity (Wildman–Crippen MR) is 114 cm³/mol. The molecule has 9 heteroatoms. The van der Waals surface area contributed by atoms with Gasteiger partial charge >= 0.3 is 6.18 Å². The molecule has 1 aromatic carbocycles. The molecule has 0 amide bonds. The van der Waals surface area contributed by atoms with E-state index in [2.05, 4.69) is 20.7 Å². The van der Waals surface area contributed by atoms with Crippen LogP contribution in [-0.4, -0.2) is 28.3 Å². The minimum Gasteiger partial charge on any atom is -0.357 e. The van der Waals surface area contributed by atoms with Crippen LogP contribution in [0.4, 0.5) is 13.2 Å². The van der Waals surface area contributed by atoms with Gasteiger partial charge in [-0.3, -0.25) is 0 Å². The number of aliphatic imine (C=N–C) groups is 1. The molecule has 2 aromatic rings. The number of hydrogen-bond acceptors (Lipinski definition) is 2. The number of rotatable bonds is 5. The highest BCUT2D eigenvalue weighted by Gasteiger charge is 2.34. The minimum atomic E-state index is -4.46. The number of alkyl halides is 3. The molecule has 0 atom stereocenters. The minimum absolute atomic E-state index is 0. The van der Waals surface area contributed by atoms with E-state index in [1.165, 1.54) is 10.7 Å². The molecule has 1 saturated carbocycles. The van der Waals surface area contributed by atoms with Crippen molar-refractivity contribution in [1.82, 2.24) is 20.4 Å². The maximum Gasteiger partial charge on any atom is 0.416 e. The summed E-state index contributed by atoms with van der Waals surface area (Å²) in [6.07, 6.45) is -2.33. The highest BCUT2D eigenvalue weighted by atomic mass is 127. The third kappa shape index (κ3) is 5.62. The van der Waals surface area contributed by atoms with Crippen molar-refractivity contribution in [3.05, 3.63) is 46.8 Å². The molecule has 0 unspecified atom stereocenters. The van der Waals surface area contributed by atoms with E-state index in [1.807, 2.05) is 26.8 Å². The molecule has 0 saturated heterocycles. The third-order valence-electron chi connectivity index (χ3n) is 4.32. The van der Waals surface area contributed by atoms with E-state index in [1.54, 1.807) is 6.07 Å². The van der Waals surface area contributed by atoms with Crippen molar-refractivity contribution in [2.75, 3.05) is 6.54 Å². The smallest absolute Gasteiger partial charge is 0.357 e. The molecule has 1 aromatic heterocycles. The Labute approximate surface area is 179 Å². The number of hydrogen-bond donors (Lipinski definition) is 2. The molecule has 5 nitrogen and oxygen atoms in total. The Balaban J connectivity index is 0.00000280. The molecular formula is C19H25F3IN5.